The molecule has 1 N–H and O–H groups in total. The van der Waals surface area contributed by atoms with Gasteiger partial charge in [0.1, 0.15) is 6.04 Å². The van der Waals surface area contributed by atoms with Crippen molar-refractivity contribution in [3.05, 3.63) is 47.6 Å². The molecule has 3 atom stereocenters. The average molecular weight is 453 g/mol. The van der Waals surface area contributed by atoms with Crippen LogP contribution in [0.15, 0.2) is 34.9 Å². The Bertz CT molecular complexity index is 923. The van der Waals surface area contributed by atoms with Crippen molar-refractivity contribution in [3.8, 4) is 0 Å². The highest BCUT2D eigenvalue weighted by atomic mass is 16.5. The van der Waals surface area contributed by atoms with Gasteiger partial charge in [0.15, 0.2) is 5.82 Å². The van der Waals surface area contributed by atoms with Gasteiger partial charge >= 0.3 is 0 Å². The Morgan fingerprint density at radius 2 is 1.88 bits per heavy atom. The van der Waals surface area contributed by atoms with Crippen LogP contribution in [0.5, 0.6) is 0 Å². The maximum absolute atomic E-state index is 13.8. The van der Waals surface area contributed by atoms with E-state index < -0.39 is 6.04 Å². The van der Waals surface area contributed by atoms with E-state index in [-0.39, 0.29) is 29.7 Å². The van der Waals surface area contributed by atoms with Crippen molar-refractivity contribution in [2.75, 3.05) is 6.54 Å². The number of likely N-dealkylation sites (tertiary alicyclic amines) is 1. The van der Waals surface area contributed by atoms with Crippen LogP contribution in [0.4, 0.5) is 0 Å². The molecular weight excluding hydrogens is 416 g/mol. The number of carbonyl (C=O) groups is 2. The molecule has 2 heterocycles. The van der Waals surface area contributed by atoms with Crippen molar-refractivity contribution in [1.82, 2.24) is 20.4 Å². The van der Waals surface area contributed by atoms with Gasteiger partial charge in [0.05, 0.1) is 12.5 Å². The third kappa shape index (κ3) is 5.63. The number of rotatable bonds is 8. The highest BCUT2D eigenvalue weighted by molar-refractivity contribution is 5.89. The lowest BCUT2D eigenvalue weighted by Crippen LogP contribution is -2.53. The zero-order valence-corrected chi connectivity index (χ0v) is 19.8. The molecule has 1 aliphatic carbocycles. The molecule has 1 aromatic carbocycles. The zero-order valence-electron chi connectivity index (χ0n) is 19.8. The highest BCUT2D eigenvalue weighted by Gasteiger charge is 2.40. The van der Waals surface area contributed by atoms with E-state index in [4.69, 9.17) is 4.52 Å². The number of nitrogens with one attached hydrogen (secondary N) is 1. The summed E-state index contributed by atoms with van der Waals surface area (Å²) >= 11 is 0. The molecule has 0 bridgehead atoms. The second kappa shape index (κ2) is 10.9. The summed E-state index contributed by atoms with van der Waals surface area (Å²) in [6.07, 6.45) is 8.45. The highest BCUT2D eigenvalue weighted by Crippen LogP contribution is 2.34. The lowest BCUT2D eigenvalue weighted by Gasteiger charge is -2.34. The fraction of sp³-hybridized carbons (Fsp3) is 0.615. The molecule has 1 aliphatic heterocycles. The first-order valence-electron chi connectivity index (χ1n) is 12.5. The molecule has 2 aliphatic rings. The van der Waals surface area contributed by atoms with Crippen LogP contribution < -0.4 is 5.32 Å². The van der Waals surface area contributed by atoms with Gasteiger partial charge in [-0.3, -0.25) is 9.59 Å². The van der Waals surface area contributed by atoms with E-state index in [0.717, 1.165) is 50.5 Å². The van der Waals surface area contributed by atoms with Crippen LogP contribution in [-0.2, 0) is 16.0 Å². The Kier molecular flexibility index (Phi) is 7.78. The SMILES string of the molecule is CC[C@@H](C)C(=O)N[C@H](C(=O)N1CCC[C@H]1c1noc(Cc2ccccc2)n1)C1CCCCC1. The van der Waals surface area contributed by atoms with E-state index in [1.54, 1.807) is 0 Å². The minimum atomic E-state index is -0.469. The predicted octanol–water partition coefficient (Wildman–Crippen LogP) is 4.44. The largest absolute Gasteiger partial charge is 0.344 e. The Balaban J connectivity index is 1.50. The number of aromatic nitrogens is 2. The lowest BCUT2D eigenvalue weighted by atomic mass is 9.83. The van der Waals surface area contributed by atoms with E-state index in [9.17, 15) is 9.59 Å². The fourth-order valence-corrected chi connectivity index (χ4v) is 5.05. The number of hydrogen-bond acceptors (Lipinski definition) is 5. The van der Waals surface area contributed by atoms with Crippen LogP contribution in [-0.4, -0.2) is 39.4 Å². The zero-order chi connectivity index (χ0) is 23.2. The molecule has 1 saturated carbocycles. The van der Waals surface area contributed by atoms with Gasteiger partial charge in [-0.2, -0.15) is 4.98 Å². The van der Waals surface area contributed by atoms with Crippen molar-refractivity contribution in [3.63, 3.8) is 0 Å². The lowest BCUT2D eigenvalue weighted by molar-refractivity contribution is -0.140. The topological polar surface area (TPSA) is 88.3 Å². The van der Waals surface area contributed by atoms with Gasteiger partial charge in [-0.15, -0.1) is 0 Å². The van der Waals surface area contributed by atoms with Crippen molar-refractivity contribution < 1.29 is 14.1 Å². The molecule has 1 saturated heterocycles. The van der Waals surface area contributed by atoms with Crippen molar-refractivity contribution >= 4 is 11.8 Å². The number of benzene rings is 1. The van der Waals surface area contributed by atoms with Gasteiger partial charge in [-0.05, 0) is 43.6 Å². The van der Waals surface area contributed by atoms with E-state index >= 15 is 0 Å². The molecule has 0 radical (unpaired) electrons. The molecular formula is C26H36N4O3. The molecule has 0 spiro atoms. The monoisotopic (exact) mass is 452 g/mol. The second-order valence-electron chi connectivity index (χ2n) is 9.59. The Morgan fingerprint density at radius 3 is 2.61 bits per heavy atom. The number of carbonyl (C=O) groups excluding carboxylic acids is 2. The van der Waals surface area contributed by atoms with Crippen molar-refractivity contribution in [2.45, 2.75) is 83.7 Å². The van der Waals surface area contributed by atoms with Gasteiger partial charge in [-0.1, -0.05) is 68.6 Å². The van der Waals surface area contributed by atoms with Gasteiger partial charge in [0.25, 0.3) is 0 Å². The van der Waals surface area contributed by atoms with Crippen LogP contribution in [0.2, 0.25) is 0 Å². The van der Waals surface area contributed by atoms with Crippen LogP contribution in [0.1, 0.15) is 88.5 Å². The molecule has 7 heteroatoms. The van der Waals surface area contributed by atoms with Gasteiger partial charge in [-0.25, -0.2) is 0 Å². The predicted molar refractivity (Wildman–Crippen MR) is 125 cm³/mol. The van der Waals surface area contributed by atoms with E-state index in [0.29, 0.717) is 24.7 Å². The first kappa shape index (κ1) is 23.5. The fourth-order valence-electron chi connectivity index (χ4n) is 5.05. The van der Waals surface area contributed by atoms with Crippen LogP contribution in [0.3, 0.4) is 0 Å². The summed E-state index contributed by atoms with van der Waals surface area (Å²) in [5.74, 6) is 1.21. The molecule has 2 fully saturated rings. The average Bonchev–Trinajstić information content (AvgIpc) is 3.52. The summed E-state index contributed by atoms with van der Waals surface area (Å²) < 4.78 is 5.53. The minimum absolute atomic E-state index is 0.00969. The van der Waals surface area contributed by atoms with E-state index in [2.05, 4.69) is 15.5 Å². The molecule has 2 amide bonds. The van der Waals surface area contributed by atoms with E-state index in [1.165, 1.54) is 6.42 Å². The summed E-state index contributed by atoms with van der Waals surface area (Å²) in [5.41, 5.74) is 1.11. The second-order valence-corrected chi connectivity index (χ2v) is 9.59. The third-order valence-corrected chi connectivity index (χ3v) is 7.26. The normalized spacial score (nSPS) is 21.0. The summed E-state index contributed by atoms with van der Waals surface area (Å²) in [6.45, 7) is 4.58. The maximum Gasteiger partial charge on any atom is 0.246 e. The molecule has 178 valence electrons. The quantitative estimate of drug-likeness (QED) is 0.640. The number of hydrogen-bond donors (Lipinski definition) is 1. The number of nitrogens with zero attached hydrogens (tertiary/aromatic N) is 3. The summed E-state index contributed by atoms with van der Waals surface area (Å²) in [7, 11) is 0. The molecule has 4 rings (SSSR count). The maximum atomic E-state index is 13.8. The van der Waals surface area contributed by atoms with Crippen molar-refractivity contribution in [2.24, 2.45) is 11.8 Å². The standard InChI is InChI=1S/C26H36N4O3/c1-3-18(2)25(31)28-23(20-13-8-5-9-14-20)26(32)30-16-10-15-21(30)24-27-22(33-29-24)17-19-11-6-4-7-12-19/h4,6-7,11-12,18,20-21,23H,3,5,8-10,13-17H2,1-2H3,(H,28,31)/t18-,21+,23+/m1/s1. The Morgan fingerprint density at radius 1 is 1.12 bits per heavy atom. The van der Waals surface area contributed by atoms with Crippen LogP contribution >= 0.6 is 0 Å². The molecule has 1 aromatic heterocycles. The van der Waals surface area contributed by atoms with E-state index in [1.807, 2.05) is 49.1 Å². The first-order chi connectivity index (χ1) is 16.1. The number of amides is 2. The van der Waals surface area contributed by atoms with Crippen LogP contribution in [0, 0.1) is 11.8 Å². The van der Waals surface area contributed by atoms with Gasteiger partial charge in [0, 0.05) is 12.5 Å². The van der Waals surface area contributed by atoms with Gasteiger partial charge < -0.3 is 14.7 Å². The Hall–Kier alpha value is -2.70. The molecule has 7 nitrogen and oxygen atoms in total. The first-order valence-corrected chi connectivity index (χ1v) is 12.5. The smallest absolute Gasteiger partial charge is 0.246 e. The minimum Gasteiger partial charge on any atom is -0.344 e. The summed E-state index contributed by atoms with van der Waals surface area (Å²) in [5, 5.41) is 7.36. The molecule has 33 heavy (non-hydrogen) atoms. The van der Waals surface area contributed by atoms with Gasteiger partial charge in [0.2, 0.25) is 17.7 Å². The molecule has 2 aromatic rings. The molecule has 0 unspecified atom stereocenters. The summed E-state index contributed by atoms with van der Waals surface area (Å²) in [6, 6.07) is 9.36. The third-order valence-electron chi connectivity index (χ3n) is 7.26. The van der Waals surface area contributed by atoms with Crippen molar-refractivity contribution in [1.29, 1.82) is 0 Å². The Labute approximate surface area is 196 Å². The summed E-state index contributed by atoms with van der Waals surface area (Å²) in [4.78, 5) is 33.1. The van der Waals surface area contributed by atoms with Crippen LogP contribution in [0.25, 0.3) is 0 Å².